The van der Waals surface area contributed by atoms with Gasteiger partial charge in [0.05, 0.1) is 0 Å². The number of anilines is 1. The van der Waals surface area contributed by atoms with Gasteiger partial charge in [0.15, 0.2) is 0 Å². The van der Waals surface area contributed by atoms with E-state index >= 15 is 0 Å². The quantitative estimate of drug-likeness (QED) is 0.582. The van der Waals surface area contributed by atoms with Gasteiger partial charge in [-0.1, -0.05) is 40.2 Å². The van der Waals surface area contributed by atoms with Gasteiger partial charge in [-0.3, -0.25) is 14.5 Å². The maximum absolute atomic E-state index is 12.8. The monoisotopic (exact) mass is 480 g/mol. The molecule has 31 heavy (non-hydrogen) atoms. The molecule has 0 unspecified atom stereocenters. The van der Waals surface area contributed by atoms with Gasteiger partial charge in [-0.25, -0.2) is 0 Å². The number of aromatic nitrogens is 1. The van der Waals surface area contributed by atoms with Gasteiger partial charge in [0.2, 0.25) is 0 Å². The van der Waals surface area contributed by atoms with Crippen LogP contribution in [0.1, 0.15) is 15.9 Å². The number of carbonyl (C=O) groups is 1. The number of amides is 1. The largest absolute Gasteiger partial charge is 0.328 e. The second-order valence-electron chi connectivity index (χ2n) is 7.87. The van der Waals surface area contributed by atoms with Gasteiger partial charge in [-0.2, -0.15) is 0 Å². The molecule has 1 fully saturated rings. The van der Waals surface area contributed by atoms with Gasteiger partial charge in [-0.15, -0.1) is 0 Å². The highest BCUT2D eigenvalue weighted by Crippen LogP contribution is 2.21. The fourth-order valence-corrected chi connectivity index (χ4v) is 3.88. The van der Waals surface area contributed by atoms with E-state index in [1.54, 1.807) is 12.3 Å². The zero-order valence-electron chi connectivity index (χ0n) is 17.4. The first kappa shape index (κ1) is 21.5. The van der Waals surface area contributed by atoms with E-state index in [0.29, 0.717) is 5.69 Å². The molecular formula is C24H25BrN4O2. The van der Waals surface area contributed by atoms with Gasteiger partial charge in [0.1, 0.15) is 5.56 Å². The molecule has 6 nitrogen and oxygen atoms in total. The molecule has 1 aromatic heterocycles. The maximum atomic E-state index is 12.8. The van der Waals surface area contributed by atoms with E-state index in [1.165, 1.54) is 5.56 Å². The minimum Gasteiger partial charge on any atom is -0.328 e. The third-order valence-corrected chi connectivity index (χ3v) is 6.07. The van der Waals surface area contributed by atoms with Crippen LogP contribution in [0.25, 0.3) is 11.1 Å². The highest BCUT2D eigenvalue weighted by molar-refractivity contribution is 9.10. The summed E-state index contributed by atoms with van der Waals surface area (Å²) in [6, 6.07) is 17.1. The van der Waals surface area contributed by atoms with Crippen molar-refractivity contribution >= 4 is 27.5 Å². The molecule has 3 aromatic rings. The minimum atomic E-state index is -0.424. The van der Waals surface area contributed by atoms with Crippen LogP contribution in [0, 0.1) is 0 Å². The number of benzene rings is 2. The summed E-state index contributed by atoms with van der Waals surface area (Å²) in [7, 11) is 2.15. The van der Waals surface area contributed by atoms with Crippen LogP contribution in [0.2, 0.25) is 0 Å². The summed E-state index contributed by atoms with van der Waals surface area (Å²) in [5, 5.41) is 2.84. The number of pyridine rings is 1. The molecule has 4 rings (SSSR count). The van der Waals surface area contributed by atoms with Crippen LogP contribution >= 0.6 is 15.9 Å². The first-order chi connectivity index (χ1) is 15.0. The Hall–Kier alpha value is -2.74. The van der Waals surface area contributed by atoms with E-state index in [2.05, 4.69) is 43.1 Å². The normalized spacial score (nSPS) is 15.0. The van der Waals surface area contributed by atoms with E-state index in [9.17, 15) is 9.59 Å². The average Bonchev–Trinajstić information content (AvgIpc) is 2.77. The lowest BCUT2D eigenvalue weighted by Gasteiger charge is -2.32. The van der Waals surface area contributed by atoms with Crippen molar-refractivity contribution in [1.82, 2.24) is 14.8 Å². The molecule has 0 atom stereocenters. The second-order valence-corrected chi connectivity index (χ2v) is 8.78. The summed E-state index contributed by atoms with van der Waals surface area (Å²) >= 11 is 3.41. The Bertz CT molecular complexity index is 1100. The van der Waals surface area contributed by atoms with Crippen molar-refractivity contribution in [3.63, 3.8) is 0 Å². The summed E-state index contributed by atoms with van der Waals surface area (Å²) in [4.78, 5) is 32.4. The lowest BCUT2D eigenvalue weighted by atomic mass is 10.1. The molecule has 1 amide bonds. The van der Waals surface area contributed by atoms with Gasteiger partial charge in [0.25, 0.3) is 11.5 Å². The molecule has 0 spiro atoms. The molecular weight excluding hydrogens is 456 g/mol. The summed E-state index contributed by atoms with van der Waals surface area (Å²) < 4.78 is 0.967. The molecule has 0 radical (unpaired) electrons. The number of hydrogen-bond donors (Lipinski definition) is 2. The van der Waals surface area contributed by atoms with Crippen molar-refractivity contribution in [1.29, 1.82) is 0 Å². The highest BCUT2D eigenvalue weighted by Gasteiger charge is 2.15. The van der Waals surface area contributed by atoms with Crippen molar-refractivity contribution < 1.29 is 4.79 Å². The SMILES string of the molecule is CN1CCN(Cc2ccc(NC(=O)c3cc(-c4ccc(Br)cc4)c[nH]c3=O)cc2)CC1. The standard InChI is InChI=1S/C24H25BrN4O2/c1-28-10-12-29(13-11-28)16-17-2-8-21(9-3-17)27-24(31)22-14-19(15-26-23(22)30)18-4-6-20(25)7-5-18/h2-9,14-15H,10-13,16H2,1H3,(H,26,30)(H,27,31). The number of nitrogens with zero attached hydrogens (tertiary/aromatic N) is 2. The molecule has 0 bridgehead atoms. The Morgan fingerprint density at radius 2 is 1.68 bits per heavy atom. The van der Waals surface area contributed by atoms with Crippen molar-refractivity contribution in [2.24, 2.45) is 0 Å². The number of H-pyrrole nitrogens is 1. The molecule has 1 aliphatic rings. The first-order valence-corrected chi connectivity index (χ1v) is 11.1. The number of likely N-dealkylation sites (N-methyl/N-ethyl adjacent to an activating group) is 1. The van der Waals surface area contributed by atoms with Crippen LogP contribution in [0.3, 0.4) is 0 Å². The fraction of sp³-hybridized carbons (Fsp3) is 0.250. The molecule has 160 valence electrons. The van der Waals surface area contributed by atoms with E-state index < -0.39 is 11.5 Å². The van der Waals surface area contributed by atoms with Crippen molar-refractivity contribution in [2.75, 3.05) is 38.5 Å². The minimum absolute atomic E-state index is 0.0851. The van der Waals surface area contributed by atoms with Gasteiger partial charge >= 0.3 is 0 Å². The van der Waals surface area contributed by atoms with E-state index in [1.807, 2.05) is 48.5 Å². The van der Waals surface area contributed by atoms with Crippen LogP contribution in [0.15, 0.2) is 70.1 Å². The number of carbonyl (C=O) groups excluding carboxylic acids is 1. The molecule has 0 aliphatic carbocycles. The van der Waals surface area contributed by atoms with Crippen LogP contribution in [0.4, 0.5) is 5.69 Å². The van der Waals surface area contributed by atoms with Crippen LogP contribution in [-0.2, 0) is 6.54 Å². The van der Waals surface area contributed by atoms with E-state index in [-0.39, 0.29) is 5.56 Å². The van der Waals surface area contributed by atoms with E-state index in [0.717, 1.165) is 48.3 Å². The number of rotatable bonds is 5. The smallest absolute Gasteiger partial charge is 0.261 e. The average molecular weight is 481 g/mol. The van der Waals surface area contributed by atoms with Crippen molar-refractivity contribution in [2.45, 2.75) is 6.54 Å². The van der Waals surface area contributed by atoms with Crippen molar-refractivity contribution in [3.05, 3.63) is 86.7 Å². The summed E-state index contributed by atoms with van der Waals surface area (Å²) in [6.07, 6.45) is 1.62. The fourth-order valence-electron chi connectivity index (χ4n) is 3.62. The molecule has 2 aromatic carbocycles. The number of piperazine rings is 1. The zero-order valence-corrected chi connectivity index (χ0v) is 19.0. The number of aromatic amines is 1. The van der Waals surface area contributed by atoms with Crippen molar-refractivity contribution in [3.8, 4) is 11.1 Å². The van der Waals surface area contributed by atoms with Gasteiger partial charge < -0.3 is 15.2 Å². The Morgan fingerprint density at radius 3 is 2.35 bits per heavy atom. The zero-order chi connectivity index (χ0) is 21.8. The highest BCUT2D eigenvalue weighted by atomic mass is 79.9. The summed E-state index contributed by atoms with van der Waals surface area (Å²) in [5.74, 6) is -0.424. The lowest BCUT2D eigenvalue weighted by Crippen LogP contribution is -2.43. The molecule has 0 saturated carbocycles. The Kier molecular flexibility index (Phi) is 6.65. The predicted octanol–water partition coefficient (Wildman–Crippen LogP) is 3.80. The number of nitrogens with one attached hydrogen (secondary N) is 2. The summed E-state index contributed by atoms with van der Waals surface area (Å²) in [6.45, 7) is 5.19. The Labute approximate surface area is 190 Å². The molecule has 1 aliphatic heterocycles. The van der Waals surface area contributed by atoms with Gasteiger partial charge in [0, 0.05) is 49.1 Å². The number of hydrogen-bond acceptors (Lipinski definition) is 4. The predicted molar refractivity (Wildman–Crippen MR) is 127 cm³/mol. The third kappa shape index (κ3) is 5.50. The lowest BCUT2D eigenvalue weighted by molar-refractivity contribution is 0.102. The van der Waals surface area contributed by atoms with Gasteiger partial charge in [-0.05, 0) is 54.1 Å². The molecule has 1 saturated heterocycles. The second kappa shape index (κ2) is 9.60. The van der Waals surface area contributed by atoms with E-state index in [4.69, 9.17) is 0 Å². The van der Waals surface area contributed by atoms with Crippen LogP contribution in [-0.4, -0.2) is 53.9 Å². The summed E-state index contributed by atoms with van der Waals surface area (Å²) in [5.41, 5.74) is 3.24. The Morgan fingerprint density at radius 1 is 1.00 bits per heavy atom. The topological polar surface area (TPSA) is 68.4 Å². The molecule has 2 heterocycles. The Balaban J connectivity index is 1.43. The maximum Gasteiger partial charge on any atom is 0.261 e. The van der Waals surface area contributed by atoms with Crippen LogP contribution in [0.5, 0.6) is 0 Å². The first-order valence-electron chi connectivity index (χ1n) is 10.3. The number of halogens is 1. The molecule has 2 N–H and O–H groups in total. The molecule has 7 heteroatoms. The third-order valence-electron chi connectivity index (χ3n) is 5.54. The van der Waals surface area contributed by atoms with Crippen LogP contribution < -0.4 is 10.9 Å².